The molecule has 2 aromatic heterocycles. The number of fused-ring (bicyclic) bond motifs is 1. The molecule has 3 aromatic rings. The minimum Gasteiger partial charge on any atom is -0.492 e. The maximum absolute atomic E-state index is 12.1. The summed E-state index contributed by atoms with van der Waals surface area (Å²) in [6.45, 7) is 10.3. The summed E-state index contributed by atoms with van der Waals surface area (Å²) in [5.41, 5.74) is 3.28. The molecule has 0 bridgehead atoms. The number of nitrogens with one attached hydrogen (secondary N) is 1. The largest absolute Gasteiger partial charge is 0.492 e. The van der Waals surface area contributed by atoms with E-state index in [1.807, 2.05) is 24.3 Å². The van der Waals surface area contributed by atoms with Gasteiger partial charge in [-0.15, -0.1) is 0 Å². The van der Waals surface area contributed by atoms with Crippen LogP contribution >= 0.6 is 0 Å². The van der Waals surface area contributed by atoms with Gasteiger partial charge in [0.15, 0.2) is 0 Å². The number of aliphatic hydroxyl groups is 1. The van der Waals surface area contributed by atoms with Gasteiger partial charge in [0.2, 0.25) is 0 Å². The first-order valence-corrected chi connectivity index (χ1v) is 11.5. The monoisotopic (exact) mass is 470 g/mol. The van der Waals surface area contributed by atoms with Crippen LogP contribution in [0.3, 0.4) is 0 Å². The van der Waals surface area contributed by atoms with Crippen molar-refractivity contribution in [2.24, 2.45) is 7.05 Å². The number of benzene rings is 1. The third-order valence-corrected chi connectivity index (χ3v) is 5.48. The number of esters is 1. The zero-order chi connectivity index (χ0) is 25.0. The molecule has 34 heavy (non-hydrogen) atoms. The van der Waals surface area contributed by atoms with Crippen molar-refractivity contribution < 1.29 is 19.4 Å². The molecule has 0 saturated heterocycles. The Balaban J connectivity index is 1.73. The molecule has 0 saturated carbocycles. The lowest BCUT2D eigenvalue weighted by Crippen LogP contribution is -2.47. The van der Waals surface area contributed by atoms with Crippen molar-refractivity contribution in [3.8, 4) is 17.1 Å². The van der Waals surface area contributed by atoms with Gasteiger partial charge in [-0.25, -0.2) is 4.98 Å². The number of ether oxygens (including phenoxy) is 2. The van der Waals surface area contributed by atoms with Crippen LogP contribution in [0.1, 0.15) is 33.3 Å². The molecule has 9 heteroatoms. The van der Waals surface area contributed by atoms with Crippen molar-refractivity contribution in [2.75, 3.05) is 13.2 Å². The van der Waals surface area contributed by atoms with Gasteiger partial charge in [-0.05, 0) is 52.8 Å². The first-order valence-electron chi connectivity index (χ1n) is 11.5. The number of carbonyl (C=O) groups excluding carboxylic acids is 1. The number of aryl methyl sites for hydroxylation is 3. The Morgan fingerprint density at radius 3 is 2.59 bits per heavy atom. The van der Waals surface area contributed by atoms with Crippen molar-refractivity contribution in [1.29, 1.82) is 0 Å². The van der Waals surface area contributed by atoms with E-state index >= 15 is 0 Å². The molecule has 0 amide bonds. The summed E-state index contributed by atoms with van der Waals surface area (Å²) in [5.74, 6) is 0.952. The van der Waals surface area contributed by atoms with Crippen LogP contribution in [0.15, 0.2) is 35.3 Å². The minimum absolute atomic E-state index is 0.0255. The number of hydrogen-bond donors (Lipinski definition) is 2. The average Bonchev–Trinajstić information content (AvgIpc) is 3.14. The molecule has 2 heterocycles. The zero-order valence-corrected chi connectivity index (χ0v) is 20.7. The second kappa shape index (κ2) is 10.8. The van der Waals surface area contributed by atoms with Gasteiger partial charge in [0, 0.05) is 43.5 Å². The summed E-state index contributed by atoms with van der Waals surface area (Å²) in [5, 5.41) is 12.9. The van der Waals surface area contributed by atoms with E-state index < -0.39 is 18.1 Å². The molecule has 0 spiro atoms. The van der Waals surface area contributed by atoms with E-state index in [1.54, 1.807) is 45.5 Å². The van der Waals surface area contributed by atoms with Crippen molar-refractivity contribution in [3.63, 3.8) is 0 Å². The lowest BCUT2D eigenvalue weighted by molar-refractivity contribution is -0.152. The van der Waals surface area contributed by atoms with Crippen molar-refractivity contribution in [3.05, 3.63) is 46.4 Å². The van der Waals surface area contributed by atoms with E-state index in [-0.39, 0.29) is 11.7 Å². The third-order valence-electron chi connectivity index (χ3n) is 5.48. The fourth-order valence-corrected chi connectivity index (χ4v) is 3.88. The van der Waals surface area contributed by atoms with Crippen molar-refractivity contribution in [2.45, 2.75) is 59.4 Å². The Kier molecular flexibility index (Phi) is 8.11. The Bertz CT molecular complexity index is 1190. The zero-order valence-electron chi connectivity index (χ0n) is 20.7. The van der Waals surface area contributed by atoms with Crippen LogP contribution in [-0.2, 0) is 23.1 Å². The predicted octanol–water partition coefficient (Wildman–Crippen LogP) is 2.40. The van der Waals surface area contributed by atoms with Crippen LogP contribution in [0.5, 0.6) is 5.75 Å². The van der Waals surface area contributed by atoms with Crippen molar-refractivity contribution in [1.82, 2.24) is 19.4 Å². The molecule has 0 radical (unpaired) electrons. The number of nitrogens with zero attached hydrogens (tertiary/aromatic N) is 3. The second-order valence-electron chi connectivity index (χ2n) is 8.66. The van der Waals surface area contributed by atoms with E-state index in [9.17, 15) is 14.7 Å². The van der Waals surface area contributed by atoms with Gasteiger partial charge in [-0.1, -0.05) is 0 Å². The van der Waals surface area contributed by atoms with Crippen LogP contribution < -0.4 is 15.6 Å². The highest BCUT2D eigenvalue weighted by Gasteiger charge is 2.25. The van der Waals surface area contributed by atoms with Crippen molar-refractivity contribution >= 4 is 17.0 Å². The molecule has 0 aliphatic rings. The molecule has 3 rings (SSSR count). The first kappa shape index (κ1) is 25.5. The number of aliphatic hydroxyl groups excluding tert-OH is 1. The molecule has 0 fully saturated rings. The van der Waals surface area contributed by atoms with Crippen LogP contribution in [-0.4, -0.2) is 56.6 Å². The van der Waals surface area contributed by atoms with Crippen LogP contribution in [0, 0.1) is 6.92 Å². The standard InChI is InChI=1S/C25H34N4O5/c1-7-29-21-9-8-19(33-11-10-26-22(17(5)30)25(32)34-15(2)3)13-20(21)27-23(29)18-12-16(4)24(31)28(6)14-18/h8-9,12-15,17,22,26,30H,7,10-11H2,1-6H3/t17?,22-/m0/s1. The number of aromatic nitrogens is 3. The van der Waals surface area contributed by atoms with E-state index in [0.29, 0.717) is 24.5 Å². The molecular formula is C25H34N4O5. The highest BCUT2D eigenvalue weighted by molar-refractivity contribution is 5.82. The van der Waals surface area contributed by atoms with E-state index in [4.69, 9.17) is 14.5 Å². The Morgan fingerprint density at radius 2 is 1.97 bits per heavy atom. The van der Waals surface area contributed by atoms with E-state index in [0.717, 1.165) is 29.0 Å². The predicted molar refractivity (Wildman–Crippen MR) is 131 cm³/mol. The van der Waals surface area contributed by atoms with Gasteiger partial charge in [-0.3, -0.25) is 14.9 Å². The highest BCUT2D eigenvalue weighted by atomic mass is 16.5. The smallest absolute Gasteiger partial charge is 0.326 e. The van der Waals surface area contributed by atoms with Crippen LogP contribution in [0.2, 0.25) is 0 Å². The third kappa shape index (κ3) is 5.66. The van der Waals surface area contributed by atoms with Crippen LogP contribution in [0.4, 0.5) is 0 Å². The summed E-state index contributed by atoms with van der Waals surface area (Å²) in [7, 11) is 1.74. The molecule has 0 aliphatic carbocycles. The van der Waals surface area contributed by atoms with E-state index in [2.05, 4.69) is 16.8 Å². The quantitative estimate of drug-likeness (QED) is 0.346. The summed E-state index contributed by atoms with van der Waals surface area (Å²) in [6.07, 6.45) is 0.658. The van der Waals surface area contributed by atoms with Gasteiger partial charge >= 0.3 is 5.97 Å². The van der Waals surface area contributed by atoms with Gasteiger partial charge < -0.3 is 23.7 Å². The van der Waals surface area contributed by atoms with Gasteiger partial charge in [-0.2, -0.15) is 0 Å². The topological polar surface area (TPSA) is 108 Å². The molecule has 1 aromatic carbocycles. The van der Waals surface area contributed by atoms with Crippen LogP contribution in [0.25, 0.3) is 22.4 Å². The number of hydrogen-bond acceptors (Lipinski definition) is 7. The van der Waals surface area contributed by atoms with Gasteiger partial charge in [0.1, 0.15) is 24.2 Å². The fourth-order valence-electron chi connectivity index (χ4n) is 3.88. The Morgan fingerprint density at radius 1 is 1.24 bits per heavy atom. The lowest BCUT2D eigenvalue weighted by Gasteiger charge is -2.21. The fraction of sp³-hybridized carbons (Fsp3) is 0.480. The number of imidazole rings is 1. The maximum Gasteiger partial charge on any atom is 0.326 e. The second-order valence-corrected chi connectivity index (χ2v) is 8.66. The summed E-state index contributed by atoms with van der Waals surface area (Å²) >= 11 is 0. The summed E-state index contributed by atoms with van der Waals surface area (Å²) < 4.78 is 14.7. The molecular weight excluding hydrogens is 436 g/mol. The molecule has 2 atom stereocenters. The normalized spacial score (nSPS) is 13.3. The Hall–Kier alpha value is -3.17. The highest BCUT2D eigenvalue weighted by Crippen LogP contribution is 2.27. The van der Waals surface area contributed by atoms with E-state index in [1.165, 1.54) is 0 Å². The number of rotatable bonds is 10. The molecule has 1 unspecified atom stereocenters. The lowest BCUT2D eigenvalue weighted by atomic mass is 10.2. The molecule has 2 N–H and O–H groups in total. The van der Waals surface area contributed by atoms with Gasteiger partial charge in [0.05, 0.1) is 23.2 Å². The summed E-state index contributed by atoms with van der Waals surface area (Å²) in [4.78, 5) is 29.0. The molecule has 9 nitrogen and oxygen atoms in total. The Labute approximate surface area is 199 Å². The number of carbonyl (C=O) groups is 1. The van der Waals surface area contributed by atoms with Gasteiger partial charge in [0.25, 0.3) is 5.56 Å². The SMILES string of the molecule is CCn1c(-c2cc(C)c(=O)n(C)c2)nc2cc(OCCN[C@H](C(=O)OC(C)C)C(C)O)ccc21. The minimum atomic E-state index is -0.889. The number of pyridine rings is 1. The first-order chi connectivity index (χ1) is 16.1. The summed E-state index contributed by atoms with van der Waals surface area (Å²) in [6, 6.07) is 6.76. The average molecular weight is 471 g/mol. The maximum atomic E-state index is 12.1. The molecule has 184 valence electrons. The molecule has 0 aliphatic heterocycles.